The van der Waals surface area contributed by atoms with Gasteiger partial charge in [-0.25, -0.2) is 9.59 Å². The molecule has 1 aromatic heterocycles. The van der Waals surface area contributed by atoms with Crippen LogP contribution in [0.3, 0.4) is 0 Å². The van der Waals surface area contributed by atoms with E-state index in [1.807, 2.05) is 39.8 Å². The van der Waals surface area contributed by atoms with Crippen molar-refractivity contribution in [1.82, 2.24) is 4.90 Å². The van der Waals surface area contributed by atoms with Crippen LogP contribution in [0.1, 0.15) is 43.8 Å². The number of benzene rings is 1. The van der Waals surface area contributed by atoms with Gasteiger partial charge >= 0.3 is 12.1 Å². The van der Waals surface area contributed by atoms with Crippen molar-refractivity contribution >= 4 is 28.7 Å². The van der Waals surface area contributed by atoms with Gasteiger partial charge in [0.25, 0.3) is 0 Å². The van der Waals surface area contributed by atoms with Crippen molar-refractivity contribution in [2.24, 2.45) is 0 Å². The summed E-state index contributed by atoms with van der Waals surface area (Å²) in [6, 6.07) is 5.61. The number of hydrogen-bond acceptors (Lipinski definition) is 6. The first-order chi connectivity index (χ1) is 13.2. The van der Waals surface area contributed by atoms with Crippen LogP contribution in [0.25, 0.3) is 11.0 Å². The van der Waals surface area contributed by atoms with Crippen LogP contribution >= 0.6 is 0 Å². The van der Waals surface area contributed by atoms with Gasteiger partial charge < -0.3 is 23.7 Å². The van der Waals surface area contributed by atoms with E-state index in [0.717, 1.165) is 16.6 Å². The van der Waals surface area contributed by atoms with Crippen molar-refractivity contribution in [3.63, 3.8) is 0 Å². The summed E-state index contributed by atoms with van der Waals surface area (Å²) in [5.74, 6) is -0.238. The molecule has 2 aromatic rings. The Bertz CT molecular complexity index is 873. The molecule has 0 spiro atoms. The van der Waals surface area contributed by atoms with E-state index in [1.54, 1.807) is 17.9 Å². The van der Waals surface area contributed by atoms with Gasteiger partial charge in [-0.15, -0.1) is 0 Å². The largest absolute Gasteiger partial charge is 0.460 e. The average Bonchev–Trinajstić information content (AvgIpc) is 3.06. The molecule has 1 aliphatic heterocycles. The number of amides is 1. The number of aryl methyl sites for hydroxylation is 1. The molecule has 1 saturated heterocycles. The maximum Gasteiger partial charge on any atom is 0.410 e. The van der Waals surface area contributed by atoms with Crippen molar-refractivity contribution in [1.29, 1.82) is 0 Å². The van der Waals surface area contributed by atoms with Gasteiger partial charge in [0.15, 0.2) is 0 Å². The summed E-state index contributed by atoms with van der Waals surface area (Å²) < 4.78 is 16.1. The number of ether oxygens (including phenoxy) is 2. The van der Waals surface area contributed by atoms with Crippen LogP contribution in [0.4, 0.5) is 10.5 Å². The third-order valence-corrected chi connectivity index (χ3v) is 4.69. The van der Waals surface area contributed by atoms with E-state index in [-0.39, 0.29) is 11.9 Å². The minimum absolute atomic E-state index is 0.215. The monoisotopic (exact) mass is 388 g/mol. The number of furan rings is 1. The molecule has 7 heteroatoms. The van der Waals surface area contributed by atoms with Crippen molar-refractivity contribution in [3.8, 4) is 0 Å². The van der Waals surface area contributed by atoms with Gasteiger partial charge in [0.05, 0.1) is 6.61 Å². The molecule has 2 heterocycles. The molecule has 0 atom stereocenters. The highest BCUT2D eigenvalue weighted by molar-refractivity contribution is 5.95. The molecule has 0 radical (unpaired) electrons. The number of carbonyl (C=O) groups is 2. The molecule has 0 saturated carbocycles. The van der Waals surface area contributed by atoms with Crippen LogP contribution in [-0.2, 0) is 9.47 Å². The topological polar surface area (TPSA) is 72.2 Å². The molecule has 28 heavy (non-hydrogen) atoms. The Morgan fingerprint density at radius 3 is 2.43 bits per heavy atom. The molecule has 1 aromatic carbocycles. The molecule has 0 aliphatic carbocycles. The zero-order chi connectivity index (χ0) is 20.5. The number of piperazine rings is 1. The first-order valence-corrected chi connectivity index (χ1v) is 9.62. The summed E-state index contributed by atoms with van der Waals surface area (Å²) in [7, 11) is 0. The lowest BCUT2D eigenvalue weighted by Crippen LogP contribution is -2.50. The molecule has 152 valence electrons. The maximum atomic E-state index is 12.2. The van der Waals surface area contributed by atoms with E-state index in [9.17, 15) is 9.59 Å². The zero-order valence-corrected chi connectivity index (χ0v) is 17.2. The Hall–Kier alpha value is -2.70. The Morgan fingerprint density at radius 2 is 1.82 bits per heavy atom. The van der Waals surface area contributed by atoms with Crippen molar-refractivity contribution in [3.05, 3.63) is 29.5 Å². The Labute approximate surface area is 165 Å². The first-order valence-electron chi connectivity index (χ1n) is 9.62. The lowest BCUT2D eigenvalue weighted by molar-refractivity contribution is 0.0240. The van der Waals surface area contributed by atoms with E-state index < -0.39 is 11.6 Å². The van der Waals surface area contributed by atoms with E-state index in [2.05, 4.69) is 4.90 Å². The van der Waals surface area contributed by atoms with Gasteiger partial charge in [-0.3, -0.25) is 0 Å². The first kappa shape index (κ1) is 20.0. The third kappa shape index (κ3) is 4.24. The van der Waals surface area contributed by atoms with Crippen LogP contribution in [0.5, 0.6) is 0 Å². The van der Waals surface area contributed by atoms with Crippen LogP contribution in [0.2, 0.25) is 0 Å². The maximum absolute atomic E-state index is 12.2. The van der Waals surface area contributed by atoms with Crippen molar-refractivity contribution < 1.29 is 23.5 Å². The van der Waals surface area contributed by atoms with Gasteiger partial charge in [0.2, 0.25) is 5.76 Å². The smallest absolute Gasteiger partial charge is 0.410 e. The fraction of sp³-hybridized carbons (Fsp3) is 0.524. The SMILES string of the molecule is CCOC(=O)c1cc2c(C)c(N3CCN(C(=O)OC(C)(C)C)CC3)ccc2o1. The Balaban J connectivity index is 1.73. The minimum atomic E-state index is -0.492. The van der Waals surface area contributed by atoms with Crippen LogP contribution in [0, 0.1) is 6.92 Å². The molecule has 1 fully saturated rings. The predicted octanol–water partition coefficient (Wildman–Crippen LogP) is 3.98. The van der Waals surface area contributed by atoms with Gasteiger partial charge in [0.1, 0.15) is 11.2 Å². The molecule has 0 bridgehead atoms. The summed E-state index contributed by atoms with van der Waals surface area (Å²) in [5.41, 5.74) is 2.29. The second kappa shape index (κ2) is 7.73. The van der Waals surface area contributed by atoms with E-state index in [4.69, 9.17) is 13.9 Å². The fourth-order valence-corrected chi connectivity index (χ4v) is 3.34. The number of rotatable bonds is 3. The van der Waals surface area contributed by atoms with E-state index in [1.165, 1.54) is 0 Å². The Kier molecular flexibility index (Phi) is 5.54. The molecule has 3 rings (SSSR count). The van der Waals surface area contributed by atoms with Gasteiger partial charge in [-0.2, -0.15) is 0 Å². The van der Waals surface area contributed by atoms with Gasteiger partial charge in [-0.1, -0.05) is 0 Å². The summed E-state index contributed by atoms with van der Waals surface area (Å²) in [6.45, 7) is 12.3. The lowest BCUT2D eigenvalue weighted by Gasteiger charge is -2.37. The number of esters is 1. The highest BCUT2D eigenvalue weighted by Crippen LogP contribution is 2.31. The fourth-order valence-electron chi connectivity index (χ4n) is 3.34. The Morgan fingerprint density at radius 1 is 1.14 bits per heavy atom. The normalized spacial score (nSPS) is 15.0. The zero-order valence-electron chi connectivity index (χ0n) is 17.2. The second-order valence-electron chi connectivity index (χ2n) is 7.91. The standard InChI is InChI=1S/C21H28N2O5/c1-6-26-19(24)18-13-15-14(2)16(7-8-17(15)27-18)22-9-11-23(12-10-22)20(25)28-21(3,4)5/h7-8,13H,6,9-12H2,1-5H3. The predicted molar refractivity (Wildman–Crippen MR) is 107 cm³/mol. The highest BCUT2D eigenvalue weighted by atomic mass is 16.6. The molecule has 1 amide bonds. The van der Waals surface area contributed by atoms with Crippen LogP contribution in [-0.4, -0.2) is 55.3 Å². The molecule has 7 nitrogen and oxygen atoms in total. The van der Waals surface area contributed by atoms with E-state index in [0.29, 0.717) is 38.4 Å². The molecular weight excluding hydrogens is 360 g/mol. The molecule has 1 aliphatic rings. The number of anilines is 1. The summed E-state index contributed by atoms with van der Waals surface area (Å²) in [5, 5.41) is 0.898. The third-order valence-electron chi connectivity index (χ3n) is 4.69. The van der Waals surface area contributed by atoms with E-state index >= 15 is 0 Å². The van der Waals surface area contributed by atoms with Gasteiger partial charge in [-0.05, 0) is 58.4 Å². The summed E-state index contributed by atoms with van der Waals surface area (Å²) >= 11 is 0. The number of hydrogen-bond donors (Lipinski definition) is 0. The van der Waals surface area contributed by atoms with Crippen LogP contribution < -0.4 is 4.90 Å². The van der Waals surface area contributed by atoms with Crippen molar-refractivity contribution in [2.75, 3.05) is 37.7 Å². The summed E-state index contributed by atoms with van der Waals surface area (Å²) in [4.78, 5) is 28.2. The number of carbonyl (C=O) groups excluding carboxylic acids is 2. The number of fused-ring (bicyclic) bond motifs is 1. The summed E-state index contributed by atoms with van der Waals surface area (Å²) in [6.07, 6.45) is -0.270. The van der Waals surface area contributed by atoms with Gasteiger partial charge in [0, 0.05) is 37.3 Å². The minimum Gasteiger partial charge on any atom is -0.460 e. The molecule has 0 unspecified atom stereocenters. The van der Waals surface area contributed by atoms with Crippen LogP contribution in [0.15, 0.2) is 22.6 Å². The average molecular weight is 388 g/mol. The number of nitrogens with zero attached hydrogens (tertiary/aromatic N) is 2. The second-order valence-corrected chi connectivity index (χ2v) is 7.91. The quantitative estimate of drug-likeness (QED) is 0.741. The lowest BCUT2D eigenvalue weighted by atomic mass is 10.1. The molecule has 0 N–H and O–H groups in total. The molecular formula is C21H28N2O5. The highest BCUT2D eigenvalue weighted by Gasteiger charge is 2.27. The van der Waals surface area contributed by atoms with Crippen molar-refractivity contribution in [2.45, 2.75) is 40.2 Å².